The Morgan fingerprint density at radius 1 is 1.17 bits per heavy atom. The summed E-state index contributed by atoms with van der Waals surface area (Å²) in [7, 11) is 0. The molecule has 70 valence electrons. The second-order valence-corrected chi connectivity index (χ2v) is 4.82. The maximum absolute atomic E-state index is 6.09. The molecule has 0 aromatic heterocycles. The maximum atomic E-state index is 6.09. The molecule has 0 aromatic carbocycles. The van der Waals surface area contributed by atoms with Crippen LogP contribution in [0.5, 0.6) is 0 Å². The van der Waals surface area contributed by atoms with Gasteiger partial charge in [-0.3, -0.25) is 0 Å². The minimum atomic E-state index is 0.316. The molecule has 1 aliphatic heterocycles. The van der Waals surface area contributed by atoms with E-state index in [2.05, 4.69) is 15.9 Å². The van der Waals surface area contributed by atoms with Crippen LogP contribution in [0.1, 0.15) is 44.9 Å². The molecule has 0 bridgehead atoms. The van der Waals surface area contributed by atoms with E-state index in [0.717, 1.165) is 5.33 Å². The molecule has 2 heteroatoms. The van der Waals surface area contributed by atoms with E-state index < -0.39 is 0 Å². The summed E-state index contributed by atoms with van der Waals surface area (Å²) in [6.07, 6.45) is 9.90. The highest BCUT2D eigenvalue weighted by molar-refractivity contribution is 9.09. The van der Waals surface area contributed by atoms with Crippen molar-refractivity contribution in [3.63, 3.8) is 0 Å². The van der Waals surface area contributed by atoms with Gasteiger partial charge in [-0.1, -0.05) is 35.2 Å². The van der Waals surface area contributed by atoms with E-state index in [9.17, 15) is 0 Å². The Hall–Kier alpha value is 0.440. The van der Waals surface area contributed by atoms with Gasteiger partial charge < -0.3 is 4.74 Å². The normalized spacial score (nSPS) is 34.2. The molecule has 1 atom stereocenters. The van der Waals surface area contributed by atoms with Crippen molar-refractivity contribution >= 4 is 15.9 Å². The molecule has 1 spiro atoms. The summed E-state index contributed by atoms with van der Waals surface area (Å²) in [5, 5.41) is 1.02. The van der Waals surface area contributed by atoms with Gasteiger partial charge >= 0.3 is 0 Å². The third kappa shape index (κ3) is 1.69. The lowest BCUT2D eigenvalue weighted by atomic mass is 9.83. The molecule has 1 heterocycles. The molecule has 1 nitrogen and oxygen atoms in total. The Bertz CT molecular complexity index is 152. The fourth-order valence-corrected chi connectivity index (χ4v) is 3.02. The average molecular weight is 233 g/mol. The highest BCUT2D eigenvalue weighted by Crippen LogP contribution is 2.42. The molecule has 0 aromatic rings. The van der Waals surface area contributed by atoms with Gasteiger partial charge in [-0.15, -0.1) is 0 Å². The Morgan fingerprint density at radius 3 is 2.50 bits per heavy atom. The van der Waals surface area contributed by atoms with Gasteiger partial charge in [0.15, 0.2) is 0 Å². The Kier molecular flexibility index (Phi) is 2.75. The molecular formula is C10H17BrO. The van der Waals surface area contributed by atoms with Gasteiger partial charge in [-0.2, -0.15) is 0 Å². The summed E-state index contributed by atoms with van der Waals surface area (Å²) < 4.78 is 6.09. The monoisotopic (exact) mass is 232 g/mol. The second-order valence-electron chi connectivity index (χ2n) is 4.18. The Morgan fingerprint density at radius 2 is 1.92 bits per heavy atom. The third-order valence-corrected chi connectivity index (χ3v) is 4.00. The van der Waals surface area contributed by atoms with Crippen LogP contribution in [-0.2, 0) is 4.74 Å². The maximum Gasteiger partial charge on any atom is 0.0687 e. The predicted octanol–water partition coefficient (Wildman–Crippen LogP) is 3.26. The summed E-state index contributed by atoms with van der Waals surface area (Å²) in [6.45, 7) is 0. The lowest BCUT2D eigenvalue weighted by Gasteiger charge is -2.33. The highest BCUT2D eigenvalue weighted by Gasteiger charge is 2.40. The smallest absolute Gasteiger partial charge is 0.0687 e. The molecular weight excluding hydrogens is 216 g/mol. The van der Waals surface area contributed by atoms with Gasteiger partial charge in [0.1, 0.15) is 0 Å². The van der Waals surface area contributed by atoms with Crippen molar-refractivity contribution < 1.29 is 4.74 Å². The van der Waals surface area contributed by atoms with Gasteiger partial charge in [0, 0.05) is 5.33 Å². The van der Waals surface area contributed by atoms with E-state index in [-0.39, 0.29) is 0 Å². The van der Waals surface area contributed by atoms with Crippen molar-refractivity contribution in [3.8, 4) is 0 Å². The van der Waals surface area contributed by atoms with Crippen LogP contribution in [0.3, 0.4) is 0 Å². The number of hydrogen-bond donors (Lipinski definition) is 0. The van der Waals surface area contributed by atoms with Gasteiger partial charge in [-0.25, -0.2) is 0 Å². The first-order valence-corrected chi connectivity index (χ1v) is 6.21. The zero-order chi connectivity index (χ0) is 8.44. The third-order valence-electron chi connectivity index (χ3n) is 3.28. The van der Waals surface area contributed by atoms with Crippen LogP contribution >= 0.6 is 15.9 Å². The molecule has 2 rings (SSSR count). The lowest BCUT2D eigenvalue weighted by Crippen LogP contribution is -2.31. The number of halogens is 1. The van der Waals surface area contributed by atoms with Crippen LogP contribution in [-0.4, -0.2) is 17.0 Å². The molecule has 1 saturated heterocycles. The first-order valence-electron chi connectivity index (χ1n) is 5.08. The van der Waals surface area contributed by atoms with Crippen LogP contribution in [0.2, 0.25) is 0 Å². The van der Waals surface area contributed by atoms with Crippen molar-refractivity contribution in [2.24, 2.45) is 0 Å². The van der Waals surface area contributed by atoms with Crippen molar-refractivity contribution in [1.29, 1.82) is 0 Å². The van der Waals surface area contributed by atoms with Gasteiger partial charge in [0.05, 0.1) is 11.7 Å². The molecule has 2 fully saturated rings. The van der Waals surface area contributed by atoms with E-state index in [1.54, 1.807) is 0 Å². The first-order chi connectivity index (χ1) is 5.85. The van der Waals surface area contributed by atoms with Crippen LogP contribution in [0, 0.1) is 0 Å². The van der Waals surface area contributed by atoms with Crippen LogP contribution < -0.4 is 0 Å². The quantitative estimate of drug-likeness (QED) is 0.631. The largest absolute Gasteiger partial charge is 0.371 e. The van der Waals surface area contributed by atoms with Crippen molar-refractivity contribution in [1.82, 2.24) is 0 Å². The minimum Gasteiger partial charge on any atom is -0.371 e. The van der Waals surface area contributed by atoms with Crippen LogP contribution in [0.15, 0.2) is 0 Å². The Balaban J connectivity index is 1.94. The van der Waals surface area contributed by atoms with Crippen molar-refractivity contribution in [3.05, 3.63) is 0 Å². The van der Waals surface area contributed by atoms with Crippen molar-refractivity contribution in [2.75, 3.05) is 5.33 Å². The van der Waals surface area contributed by atoms with E-state index in [1.807, 2.05) is 0 Å². The highest BCUT2D eigenvalue weighted by atomic mass is 79.9. The minimum absolute atomic E-state index is 0.316. The fraction of sp³-hybridized carbons (Fsp3) is 1.00. The fourth-order valence-electron chi connectivity index (χ4n) is 2.57. The van der Waals surface area contributed by atoms with E-state index in [4.69, 9.17) is 4.74 Å². The summed E-state index contributed by atoms with van der Waals surface area (Å²) in [5.74, 6) is 0. The molecule has 0 amide bonds. The number of rotatable bonds is 1. The van der Waals surface area contributed by atoms with E-state index in [0.29, 0.717) is 11.7 Å². The molecule has 0 N–H and O–H groups in total. The zero-order valence-electron chi connectivity index (χ0n) is 7.52. The van der Waals surface area contributed by atoms with Crippen LogP contribution in [0.25, 0.3) is 0 Å². The lowest BCUT2D eigenvalue weighted by molar-refractivity contribution is -0.0551. The standard InChI is InChI=1S/C10H17BrO/c11-8-9-4-7-10(12-9)5-2-1-3-6-10/h9H,1-8H2/t9-/m1/s1. The number of hydrogen-bond acceptors (Lipinski definition) is 1. The average Bonchev–Trinajstić information content (AvgIpc) is 2.50. The van der Waals surface area contributed by atoms with Gasteiger partial charge in [-0.05, 0) is 25.7 Å². The molecule has 1 saturated carbocycles. The SMILES string of the molecule is BrC[C@H]1CCC2(CCCCC2)O1. The molecule has 12 heavy (non-hydrogen) atoms. The second kappa shape index (κ2) is 3.67. The van der Waals surface area contributed by atoms with E-state index >= 15 is 0 Å². The number of ether oxygens (including phenoxy) is 1. The summed E-state index contributed by atoms with van der Waals surface area (Å²) in [6, 6.07) is 0. The van der Waals surface area contributed by atoms with Gasteiger partial charge in [0.25, 0.3) is 0 Å². The molecule has 2 aliphatic rings. The summed E-state index contributed by atoms with van der Waals surface area (Å²) in [4.78, 5) is 0. The molecule has 0 unspecified atom stereocenters. The topological polar surface area (TPSA) is 9.23 Å². The zero-order valence-corrected chi connectivity index (χ0v) is 9.11. The summed E-state index contributed by atoms with van der Waals surface area (Å²) >= 11 is 3.50. The Labute approximate surface area is 83.0 Å². The predicted molar refractivity (Wildman–Crippen MR) is 53.7 cm³/mol. The van der Waals surface area contributed by atoms with E-state index in [1.165, 1.54) is 44.9 Å². The first kappa shape index (κ1) is 9.01. The summed E-state index contributed by atoms with van der Waals surface area (Å²) in [5.41, 5.74) is 0.316. The van der Waals surface area contributed by atoms with Crippen molar-refractivity contribution in [2.45, 2.75) is 56.7 Å². The number of alkyl halides is 1. The van der Waals surface area contributed by atoms with Crippen LogP contribution in [0.4, 0.5) is 0 Å². The van der Waals surface area contributed by atoms with Gasteiger partial charge in [0.2, 0.25) is 0 Å². The molecule has 0 radical (unpaired) electrons. The molecule has 1 aliphatic carbocycles.